The van der Waals surface area contributed by atoms with E-state index in [-0.39, 0.29) is 29.9 Å². The molecule has 24 heavy (non-hydrogen) atoms. The fourth-order valence-electron chi connectivity index (χ4n) is 2.64. The first-order valence-corrected chi connectivity index (χ1v) is 8.45. The number of amides is 1. The van der Waals surface area contributed by atoms with Crippen molar-refractivity contribution in [2.45, 2.75) is 52.2 Å². The molecule has 134 valence electrons. The van der Waals surface area contributed by atoms with Gasteiger partial charge in [-0.05, 0) is 30.9 Å². The number of guanidine groups is 1. The first-order chi connectivity index (χ1) is 11.1. The van der Waals surface area contributed by atoms with Gasteiger partial charge in [0, 0.05) is 39.1 Å². The predicted octanol–water partition coefficient (Wildman–Crippen LogP) is 2.89. The van der Waals surface area contributed by atoms with Gasteiger partial charge in [-0.2, -0.15) is 0 Å². The van der Waals surface area contributed by atoms with Crippen LogP contribution in [0.25, 0.3) is 0 Å². The van der Waals surface area contributed by atoms with Gasteiger partial charge >= 0.3 is 0 Å². The van der Waals surface area contributed by atoms with E-state index in [2.05, 4.69) is 41.6 Å². The van der Waals surface area contributed by atoms with Crippen molar-refractivity contribution in [1.29, 1.82) is 0 Å². The average molecular weight is 444 g/mol. The molecular weight excluding hydrogens is 415 g/mol. The van der Waals surface area contributed by atoms with E-state index in [1.54, 1.807) is 7.05 Å². The van der Waals surface area contributed by atoms with E-state index in [4.69, 9.17) is 0 Å². The second-order valence-electron chi connectivity index (χ2n) is 6.07. The third-order valence-electron chi connectivity index (χ3n) is 4.27. The van der Waals surface area contributed by atoms with Crippen molar-refractivity contribution in [3.63, 3.8) is 0 Å². The van der Waals surface area contributed by atoms with Crippen molar-refractivity contribution in [2.24, 2.45) is 4.99 Å². The molecule has 1 aliphatic heterocycles. The number of rotatable bonds is 6. The Morgan fingerprint density at radius 2 is 1.92 bits per heavy atom. The lowest BCUT2D eigenvalue weighted by atomic mass is 10.1. The van der Waals surface area contributed by atoms with E-state index in [1.165, 1.54) is 11.1 Å². The molecule has 6 heteroatoms. The highest BCUT2D eigenvalue weighted by molar-refractivity contribution is 14.0. The van der Waals surface area contributed by atoms with Crippen LogP contribution in [0, 0.1) is 0 Å². The van der Waals surface area contributed by atoms with E-state index in [0.29, 0.717) is 12.5 Å². The molecule has 1 atom stereocenters. The first-order valence-electron chi connectivity index (χ1n) is 8.45. The Kier molecular flexibility index (Phi) is 9.10. The maximum Gasteiger partial charge on any atom is 0.223 e. The van der Waals surface area contributed by atoms with Gasteiger partial charge in [0.15, 0.2) is 5.96 Å². The second-order valence-corrected chi connectivity index (χ2v) is 6.07. The van der Waals surface area contributed by atoms with Crippen LogP contribution in [0.3, 0.4) is 0 Å². The van der Waals surface area contributed by atoms with E-state index in [0.717, 1.165) is 38.4 Å². The molecule has 0 fully saturated rings. The number of hydrogen-bond acceptors (Lipinski definition) is 2. The van der Waals surface area contributed by atoms with Crippen molar-refractivity contribution < 1.29 is 4.79 Å². The molecular formula is C18H29IN4O. The molecule has 0 saturated carbocycles. The van der Waals surface area contributed by atoms with Crippen molar-refractivity contribution in [1.82, 2.24) is 15.5 Å². The molecule has 0 aliphatic carbocycles. The summed E-state index contributed by atoms with van der Waals surface area (Å²) in [5, 5.41) is 6.58. The van der Waals surface area contributed by atoms with Crippen LogP contribution in [0.4, 0.5) is 0 Å². The third-order valence-corrected chi connectivity index (χ3v) is 4.27. The van der Waals surface area contributed by atoms with Crippen LogP contribution in [-0.4, -0.2) is 36.4 Å². The smallest absolute Gasteiger partial charge is 0.223 e. The maximum absolute atomic E-state index is 12.3. The number of carbonyl (C=O) groups is 1. The van der Waals surface area contributed by atoms with Crippen molar-refractivity contribution in [3.8, 4) is 0 Å². The van der Waals surface area contributed by atoms with Gasteiger partial charge in [0.1, 0.15) is 0 Å². The lowest BCUT2D eigenvalue weighted by Crippen LogP contribution is -2.42. The van der Waals surface area contributed by atoms with Crippen LogP contribution in [0.15, 0.2) is 29.3 Å². The number of halogens is 1. The Morgan fingerprint density at radius 3 is 2.46 bits per heavy atom. The molecule has 1 heterocycles. The minimum atomic E-state index is 0. The summed E-state index contributed by atoms with van der Waals surface area (Å²) in [4.78, 5) is 18.4. The van der Waals surface area contributed by atoms with Crippen molar-refractivity contribution >= 4 is 35.8 Å². The van der Waals surface area contributed by atoms with Gasteiger partial charge in [0.05, 0.1) is 0 Å². The predicted molar refractivity (Wildman–Crippen MR) is 110 cm³/mol. The molecule has 1 unspecified atom stereocenters. The van der Waals surface area contributed by atoms with Gasteiger partial charge in [-0.1, -0.05) is 31.2 Å². The Balaban J connectivity index is 0.00000288. The minimum Gasteiger partial charge on any atom is -0.356 e. The molecule has 2 rings (SSSR count). The number of carbonyl (C=O) groups excluding carboxylic acids is 1. The fraction of sp³-hybridized carbons (Fsp3) is 0.556. The molecule has 1 aliphatic rings. The number of aliphatic imine (C=N–C) groups is 1. The molecule has 1 amide bonds. The average Bonchev–Trinajstić information content (AvgIpc) is 3.01. The Bertz CT molecular complexity index is 537. The summed E-state index contributed by atoms with van der Waals surface area (Å²) >= 11 is 0. The topological polar surface area (TPSA) is 56.7 Å². The van der Waals surface area contributed by atoms with Crippen LogP contribution >= 0.6 is 24.0 Å². The highest BCUT2D eigenvalue weighted by atomic mass is 127. The van der Waals surface area contributed by atoms with Gasteiger partial charge < -0.3 is 15.5 Å². The summed E-state index contributed by atoms with van der Waals surface area (Å²) in [5.41, 5.74) is 2.55. The summed E-state index contributed by atoms with van der Waals surface area (Å²) in [5.74, 6) is 1.04. The highest BCUT2D eigenvalue weighted by Gasteiger charge is 2.22. The zero-order chi connectivity index (χ0) is 16.7. The van der Waals surface area contributed by atoms with Gasteiger partial charge in [0.2, 0.25) is 5.91 Å². The molecule has 2 N–H and O–H groups in total. The highest BCUT2D eigenvalue weighted by Crippen LogP contribution is 2.22. The molecule has 0 aromatic heterocycles. The van der Waals surface area contributed by atoms with E-state index in [9.17, 15) is 4.79 Å². The van der Waals surface area contributed by atoms with Gasteiger partial charge in [-0.15, -0.1) is 24.0 Å². The standard InChI is InChI=1S/C18H28N4O.HI/c1-4-14(2)21-18(19-3)20-11-7-10-17(23)22-12-15-8-5-6-9-16(15)13-22;/h5-6,8-9,14H,4,7,10-13H2,1-3H3,(H2,19,20,21);1H. The molecule has 5 nitrogen and oxygen atoms in total. The fourth-order valence-corrected chi connectivity index (χ4v) is 2.64. The lowest BCUT2D eigenvalue weighted by molar-refractivity contribution is -0.131. The van der Waals surface area contributed by atoms with Crippen LogP contribution in [-0.2, 0) is 17.9 Å². The molecule has 0 bridgehead atoms. The normalized spacial score (nSPS) is 14.6. The van der Waals surface area contributed by atoms with Gasteiger partial charge in [0.25, 0.3) is 0 Å². The molecule has 1 aromatic carbocycles. The Morgan fingerprint density at radius 1 is 1.29 bits per heavy atom. The second kappa shape index (κ2) is 10.5. The monoisotopic (exact) mass is 444 g/mol. The zero-order valence-corrected chi connectivity index (χ0v) is 17.2. The summed E-state index contributed by atoms with van der Waals surface area (Å²) in [7, 11) is 1.77. The Hall–Kier alpha value is -1.31. The van der Waals surface area contributed by atoms with E-state index < -0.39 is 0 Å². The molecule has 0 spiro atoms. The minimum absolute atomic E-state index is 0. The summed E-state index contributed by atoms with van der Waals surface area (Å²) in [6, 6.07) is 8.67. The van der Waals surface area contributed by atoms with Crippen LogP contribution < -0.4 is 10.6 Å². The van der Waals surface area contributed by atoms with Crippen LogP contribution in [0.5, 0.6) is 0 Å². The third kappa shape index (κ3) is 5.96. The number of fused-ring (bicyclic) bond motifs is 1. The van der Waals surface area contributed by atoms with Crippen molar-refractivity contribution in [3.05, 3.63) is 35.4 Å². The Labute approximate surface area is 162 Å². The molecule has 0 saturated heterocycles. The molecule has 1 aromatic rings. The largest absolute Gasteiger partial charge is 0.356 e. The zero-order valence-electron chi connectivity index (χ0n) is 14.8. The first kappa shape index (κ1) is 20.7. The number of nitrogens with zero attached hydrogens (tertiary/aromatic N) is 2. The maximum atomic E-state index is 12.3. The number of benzene rings is 1. The van der Waals surface area contributed by atoms with Gasteiger partial charge in [-0.3, -0.25) is 9.79 Å². The lowest BCUT2D eigenvalue weighted by Gasteiger charge is -2.17. The number of hydrogen-bond donors (Lipinski definition) is 2. The summed E-state index contributed by atoms with van der Waals surface area (Å²) in [6.45, 7) is 6.51. The van der Waals surface area contributed by atoms with E-state index >= 15 is 0 Å². The summed E-state index contributed by atoms with van der Waals surface area (Å²) < 4.78 is 0. The van der Waals surface area contributed by atoms with Gasteiger partial charge in [-0.25, -0.2) is 0 Å². The van der Waals surface area contributed by atoms with Crippen LogP contribution in [0.2, 0.25) is 0 Å². The SMILES string of the molecule is CCC(C)NC(=NC)NCCCC(=O)N1Cc2ccccc2C1.I. The molecule has 0 radical (unpaired) electrons. The summed E-state index contributed by atoms with van der Waals surface area (Å²) in [6.07, 6.45) is 2.43. The van der Waals surface area contributed by atoms with E-state index in [1.807, 2.05) is 17.0 Å². The van der Waals surface area contributed by atoms with Crippen molar-refractivity contribution in [2.75, 3.05) is 13.6 Å². The quantitative estimate of drug-likeness (QED) is 0.307. The van der Waals surface area contributed by atoms with Crippen LogP contribution in [0.1, 0.15) is 44.2 Å². The number of nitrogens with one attached hydrogen (secondary N) is 2.